The Balaban J connectivity index is 0.00000484. The molecular formula is C13H24ClN3O6. The Morgan fingerprint density at radius 3 is 1.13 bits per heavy atom. The Morgan fingerprint density at radius 2 is 0.870 bits per heavy atom. The maximum absolute atomic E-state index is 10.9. The van der Waals surface area contributed by atoms with Gasteiger partial charge in [-0.15, -0.1) is 12.4 Å². The van der Waals surface area contributed by atoms with Crippen molar-refractivity contribution in [1.82, 2.24) is 14.7 Å². The van der Waals surface area contributed by atoms with Crippen molar-refractivity contribution in [2.45, 2.75) is 6.42 Å². The van der Waals surface area contributed by atoms with Crippen molar-refractivity contribution in [2.24, 2.45) is 0 Å². The van der Waals surface area contributed by atoms with Crippen molar-refractivity contribution >= 4 is 30.3 Å². The molecule has 3 N–H and O–H groups in total. The predicted molar refractivity (Wildman–Crippen MR) is 84.1 cm³/mol. The number of carboxylic acids is 3. The Bertz CT molecular complexity index is 381. The van der Waals surface area contributed by atoms with Gasteiger partial charge in [0.05, 0.1) is 19.6 Å². The van der Waals surface area contributed by atoms with Crippen molar-refractivity contribution in [1.29, 1.82) is 0 Å². The van der Waals surface area contributed by atoms with Crippen LogP contribution in [0.4, 0.5) is 0 Å². The van der Waals surface area contributed by atoms with Gasteiger partial charge in [0.25, 0.3) is 0 Å². The highest BCUT2D eigenvalue weighted by molar-refractivity contribution is 5.85. The standard InChI is InChI=1S/C13H23N3O6.ClH/c17-11(18)8-14-2-1-3-15(9-12(19)20)5-7-16(6-4-14)10-13(21)22;/h1-10H2,(H,17,18)(H,19,20)(H,21,22);1H. The molecule has 1 aliphatic heterocycles. The van der Waals surface area contributed by atoms with Gasteiger partial charge >= 0.3 is 17.9 Å². The molecule has 1 saturated heterocycles. The molecule has 0 radical (unpaired) electrons. The van der Waals surface area contributed by atoms with Gasteiger partial charge in [0, 0.05) is 39.3 Å². The van der Waals surface area contributed by atoms with Crippen LogP contribution in [-0.2, 0) is 14.4 Å². The molecule has 0 amide bonds. The zero-order chi connectivity index (χ0) is 16.5. The van der Waals surface area contributed by atoms with E-state index in [2.05, 4.69) is 0 Å². The molecule has 0 saturated carbocycles. The molecule has 0 unspecified atom stereocenters. The van der Waals surface area contributed by atoms with E-state index in [-0.39, 0.29) is 32.0 Å². The largest absolute Gasteiger partial charge is 0.480 e. The van der Waals surface area contributed by atoms with Crippen LogP contribution in [0, 0.1) is 0 Å². The minimum Gasteiger partial charge on any atom is -0.480 e. The Kier molecular flexibility index (Phi) is 10.5. The van der Waals surface area contributed by atoms with Gasteiger partial charge in [0.15, 0.2) is 0 Å². The Hall–Kier alpha value is -1.42. The summed E-state index contributed by atoms with van der Waals surface area (Å²) in [6.07, 6.45) is 0.680. The number of rotatable bonds is 6. The van der Waals surface area contributed by atoms with E-state index in [0.29, 0.717) is 45.7 Å². The van der Waals surface area contributed by atoms with Crippen LogP contribution in [0.3, 0.4) is 0 Å². The second-order valence-electron chi connectivity index (χ2n) is 5.36. The van der Waals surface area contributed by atoms with Gasteiger partial charge in [0.2, 0.25) is 0 Å². The second kappa shape index (κ2) is 11.2. The van der Waals surface area contributed by atoms with E-state index in [1.807, 2.05) is 0 Å². The van der Waals surface area contributed by atoms with Crippen molar-refractivity contribution in [3.8, 4) is 0 Å². The van der Waals surface area contributed by atoms with Gasteiger partial charge in [-0.1, -0.05) is 0 Å². The van der Waals surface area contributed by atoms with Crippen LogP contribution in [0.25, 0.3) is 0 Å². The number of aliphatic carboxylic acids is 3. The van der Waals surface area contributed by atoms with E-state index in [1.165, 1.54) is 0 Å². The third kappa shape index (κ3) is 10.1. The molecular weight excluding hydrogens is 330 g/mol. The van der Waals surface area contributed by atoms with Crippen LogP contribution in [0.1, 0.15) is 6.42 Å². The van der Waals surface area contributed by atoms with Crippen LogP contribution in [-0.4, -0.2) is 107 Å². The number of hydrogen-bond acceptors (Lipinski definition) is 6. The van der Waals surface area contributed by atoms with Gasteiger partial charge in [-0.2, -0.15) is 0 Å². The number of nitrogens with zero attached hydrogens (tertiary/aromatic N) is 3. The van der Waals surface area contributed by atoms with Gasteiger partial charge in [-0.05, 0) is 6.42 Å². The summed E-state index contributed by atoms with van der Waals surface area (Å²) in [5.41, 5.74) is 0. The third-order valence-corrected chi connectivity index (χ3v) is 3.49. The molecule has 1 rings (SSSR count). The van der Waals surface area contributed by atoms with Crippen LogP contribution < -0.4 is 0 Å². The van der Waals surface area contributed by atoms with E-state index in [1.54, 1.807) is 14.7 Å². The van der Waals surface area contributed by atoms with Crippen LogP contribution in [0.2, 0.25) is 0 Å². The second-order valence-corrected chi connectivity index (χ2v) is 5.36. The summed E-state index contributed by atoms with van der Waals surface area (Å²) < 4.78 is 0. The molecule has 0 spiro atoms. The van der Waals surface area contributed by atoms with Gasteiger partial charge in [0.1, 0.15) is 0 Å². The molecule has 23 heavy (non-hydrogen) atoms. The first kappa shape index (κ1) is 21.6. The number of hydrogen-bond donors (Lipinski definition) is 3. The van der Waals surface area contributed by atoms with Crippen LogP contribution in [0.15, 0.2) is 0 Å². The summed E-state index contributed by atoms with van der Waals surface area (Å²) in [5.74, 6) is -2.81. The molecule has 134 valence electrons. The Labute approximate surface area is 140 Å². The minimum atomic E-state index is -0.952. The van der Waals surface area contributed by atoms with E-state index in [4.69, 9.17) is 15.3 Å². The van der Waals surface area contributed by atoms with Crippen LogP contribution in [0.5, 0.6) is 0 Å². The lowest BCUT2D eigenvalue weighted by Crippen LogP contribution is -2.46. The zero-order valence-corrected chi connectivity index (χ0v) is 13.7. The van der Waals surface area contributed by atoms with Crippen molar-refractivity contribution in [3.63, 3.8) is 0 Å². The summed E-state index contributed by atoms with van der Waals surface area (Å²) >= 11 is 0. The Morgan fingerprint density at radius 1 is 0.609 bits per heavy atom. The summed E-state index contributed by atoms with van der Waals surface area (Å²) in [4.78, 5) is 37.8. The van der Waals surface area contributed by atoms with E-state index < -0.39 is 17.9 Å². The SMILES string of the molecule is Cl.O=C(O)CN1CCCN(CC(=O)O)CCN(CC(=O)O)CC1. The van der Waals surface area contributed by atoms with Crippen molar-refractivity contribution < 1.29 is 29.7 Å². The average Bonchev–Trinajstić information content (AvgIpc) is 2.38. The van der Waals surface area contributed by atoms with E-state index >= 15 is 0 Å². The zero-order valence-electron chi connectivity index (χ0n) is 12.9. The summed E-state index contributed by atoms with van der Waals surface area (Å²) in [6.45, 7) is 2.62. The fraction of sp³-hybridized carbons (Fsp3) is 0.769. The molecule has 0 atom stereocenters. The van der Waals surface area contributed by atoms with Gasteiger partial charge in [-0.3, -0.25) is 29.1 Å². The molecule has 9 nitrogen and oxygen atoms in total. The molecule has 0 aromatic heterocycles. The normalized spacial score (nSPS) is 18.8. The monoisotopic (exact) mass is 353 g/mol. The molecule has 1 fully saturated rings. The molecule has 1 aliphatic rings. The summed E-state index contributed by atoms with van der Waals surface area (Å²) in [5, 5.41) is 26.7. The molecule has 0 aliphatic carbocycles. The topological polar surface area (TPSA) is 122 Å². The summed E-state index contributed by atoms with van der Waals surface area (Å²) in [6, 6.07) is 0. The smallest absolute Gasteiger partial charge is 0.317 e. The maximum atomic E-state index is 10.9. The molecule has 1 heterocycles. The molecule has 0 bridgehead atoms. The van der Waals surface area contributed by atoms with Gasteiger partial charge in [-0.25, -0.2) is 0 Å². The van der Waals surface area contributed by atoms with E-state index in [9.17, 15) is 14.4 Å². The van der Waals surface area contributed by atoms with Crippen LogP contribution >= 0.6 is 12.4 Å². The molecule has 10 heteroatoms. The van der Waals surface area contributed by atoms with Gasteiger partial charge < -0.3 is 15.3 Å². The van der Waals surface area contributed by atoms with Crippen molar-refractivity contribution in [2.75, 3.05) is 58.9 Å². The highest BCUT2D eigenvalue weighted by Gasteiger charge is 2.18. The third-order valence-electron chi connectivity index (χ3n) is 3.49. The first-order valence-corrected chi connectivity index (χ1v) is 7.19. The molecule has 0 aromatic carbocycles. The fourth-order valence-corrected chi connectivity index (χ4v) is 2.47. The number of carbonyl (C=O) groups is 3. The lowest BCUT2D eigenvalue weighted by atomic mass is 10.3. The summed E-state index contributed by atoms with van der Waals surface area (Å²) in [7, 11) is 0. The average molecular weight is 354 g/mol. The highest BCUT2D eigenvalue weighted by Crippen LogP contribution is 2.02. The minimum absolute atomic E-state index is 0. The van der Waals surface area contributed by atoms with E-state index in [0.717, 1.165) is 0 Å². The maximum Gasteiger partial charge on any atom is 0.317 e. The van der Waals surface area contributed by atoms with Crippen molar-refractivity contribution in [3.05, 3.63) is 0 Å². The molecule has 0 aromatic rings. The number of carboxylic acid groups (broad SMARTS) is 3. The highest BCUT2D eigenvalue weighted by atomic mass is 35.5. The first-order chi connectivity index (χ1) is 10.4. The first-order valence-electron chi connectivity index (χ1n) is 7.19. The quantitative estimate of drug-likeness (QED) is 0.550. The fourth-order valence-electron chi connectivity index (χ4n) is 2.47. The lowest BCUT2D eigenvalue weighted by Gasteiger charge is -2.31. The lowest BCUT2D eigenvalue weighted by molar-refractivity contribution is -0.140. The number of halogens is 1. The predicted octanol–water partition coefficient (Wildman–Crippen LogP) is -1.03.